The van der Waals surface area contributed by atoms with E-state index in [1.54, 1.807) is 12.1 Å². The average Bonchev–Trinajstić information content (AvgIpc) is 2.45. The summed E-state index contributed by atoms with van der Waals surface area (Å²) in [6.07, 6.45) is 1.20. The lowest BCUT2D eigenvalue weighted by Gasteiger charge is -2.12. The fraction of sp³-hybridized carbons (Fsp3) is 0.467. The van der Waals surface area contributed by atoms with Crippen molar-refractivity contribution in [1.82, 2.24) is 10.6 Å². The van der Waals surface area contributed by atoms with Crippen LogP contribution >= 0.6 is 12.4 Å². The van der Waals surface area contributed by atoms with Crippen LogP contribution in [0.3, 0.4) is 0 Å². The van der Waals surface area contributed by atoms with Gasteiger partial charge in [-0.3, -0.25) is 9.59 Å². The van der Waals surface area contributed by atoms with Crippen LogP contribution in [0, 0.1) is 0 Å². The molecule has 0 aliphatic carbocycles. The fourth-order valence-electron chi connectivity index (χ4n) is 1.65. The number of nitrogens with one attached hydrogen (secondary N) is 2. The van der Waals surface area contributed by atoms with Gasteiger partial charge in [0.1, 0.15) is 0 Å². The predicted molar refractivity (Wildman–Crippen MR) is 86.4 cm³/mol. The fourth-order valence-corrected chi connectivity index (χ4v) is 1.65. The summed E-state index contributed by atoms with van der Waals surface area (Å²) < 4.78 is 0. The number of benzene rings is 1. The van der Waals surface area contributed by atoms with Crippen LogP contribution < -0.4 is 16.4 Å². The van der Waals surface area contributed by atoms with Crippen molar-refractivity contribution in [2.45, 2.75) is 39.3 Å². The molecule has 0 radical (unpaired) electrons. The maximum absolute atomic E-state index is 12.0. The first kappa shape index (κ1) is 19.4. The highest BCUT2D eigenvalue weighted by Gasteiger charge is 2.09. The molecule has 1 rings (SSSR count). The molecule has 0 heterocycles. The van der Waals surface area contributed by atoms with Gasteiger partial charge in [-0.25, -0.2) is 0 Å². The number of hydrogen-bond donors (Lipinski definition) is 3. The number of rotatable bonds is 7. The van der Waals surface area contributed by atoms with Gasteiger partial charge in [0.05, 0.1) is 0 Å². The SMILES string of the molecule is CCC(C)NC(=O)c1cccc(CNC(=O)CCN)c1.Cl. The molecule has 0 aliphatic heterocycles. The molecule has 0 saturated carbocycles. The molecule has 0 bridgehead atoms. The summed E-state index contributed by atoms with van der Waals surface area (Å²) in [4.78, 5) is 23.3. The molecule has 0 aromatic heterocycles. The van der Waals surface area contributed by atoms with Gasteiger partial charge in [-0.15, -0.1) is 12.4 Å². The zero-order valence-electron chi connectivity index (χ0n) is 12.5. The second-order valence-electron chi connectivity index (χ2n) is 4.80. The van der Waals surface area contributed by atoms with Crippen molar-refractivity contribution in [3.8, 4) is 0 Å². The highest BCUT2D eigenvalue weighted by molar-refractivity contribution is 5.94. The van der Waals surface area contributed by atoms with E-state index in [-0.39, 0.29) is 30.3 Å². The Bertz CT molecular complexity index is 466. The van der Waals surface area contributed by atoms with Gasteiger partial charge in [-0.1, -0.05) is 19.1 Å². The third-order valence-corrected chi connectivity index (χ3v) is 3.04. The number of amides is 2. The largest absolute Gasteiger partial charge is 0.352 e. The molecule has 1 aromatic carbocycles. The van der Waals surface area contributed by atoms with Crippen LogP contribution in [0.15, 0.2) is 24.3 Å². The van der Waals surface area contributed by atoms with Gasteiger partial charge >= 0.3 is 0 Å². The van der Waals surface area contributed by atoms with E-state index in [1.807, 2.05) is 26.0 Å². The number of nitrogens with two attached hydrogens (primary N) is 1. The van der Waals surface area contributed by atoms with Crippen LogP contribution in [0.2, 0.25) is 0 Å². The average molecular weight is 314 g/mol. The molecule has 2 amide bonds. The van der Waals surface area contributed by atoms with Crippen LogP contribution in [0.1, 0.15) is 42.6 Å². The van der Waals surface area contributed by atoms with Gasteiger partial charge in [0.2, 0.25) is 5.91 Å². The van der Waals surface area contributed by atoms with Crippen molar-refractivity contribution in [3.63, 3.8) is 0 Å². The minimum atomic E-state index is -0.0884. The summed E-state index contributed by atoms with van der Waals surface area (Å²) in [6, 6.07) is 7.40. The zero-order valence-corrected chi connectivity index (χ0v) is 13.3. The first-order chi connectivity index (χ1) is 9.56. The van der Waals surface area contributed by atoms with E-state index in [2.05, 4.69) is 10.6 Å². The minimum Gasteiger partial charge on any atom is -0.352 e. The third kappa shape index (κ3) is 7.11. The van der Waals surface area contributed by atoms with E-state index in [4.69, 9.17) is 5.73 Å². The molecular weight excluding hydrogens is 290 g/mol. The topological polar surface area (TPSA) is 84.2 Å². The van der Waals surface area contributed by atoms with Gasteiger partial charge in [0.15, 0.2) is 0 Å². The van der Waals surface area contributed by atoms with Gasteiger partial charge in [0.25, 0.3) is 5.91 Å². The third-order valence-electron chi connectivity index (χ3n) is 3.04. The molecule has 1 atom stereocenters. The van der Waals surface area contributed by atoms with Crippen molar-refractivity contribution >= 4 is 24.2 Å². The number of carbonyl (C=O) groups excluding carboxylic acids is 2. The maximum atomic E-state index is 12.0. The Labute approximate surface area is 132 Å². The standard InChI is InChI=1S/C15H23N3O2.ClH/c1-3-11(2)18-15(20)13-6-4-5-12(9-13)10-17-14(19)7-8-16;/h4-6,9,11H,3,7-8,10,16H2,1-2H3,(H,17,19)(H,18,20);1H. The molecule has 0 aliphatic rings. The second kappa shape index (κ2) is 10.2. The lowest BCUT2D eigenvalue weighted by molar-refractivity contribution is -0.121. The van der Waals surface area contributed by atoms with Crippen LogP contribution in [0.25, 0.3) is 0 Å². The highest BCUT2D eigenvalue weighted by atomic mass is 35.5. The summed E-state index contributed by atoms with van der Waals surface area (Å²) in [6.45, 7) is 4.73. The summed E-state index contributed by atoms with van der Waals surface area (Å²) >= 11 is 0. The molecule has 1 unspecified atom stereocenters. The first-order valence-corrected chi connectivity index (χ1v) is 6.93. The quantitative estimate of drug-likeness (QED) is 0.715. The lowest BCUT2D eigenvalue weighted by atomic mass is 10.1. The molecule has 6 heteroatoms. The Morgan fingerprint density at radius 1 is 1.33 bits per heavy atom. The van der Waals surface area contributed by atoms with E-state index in [9.17, 15) is 9.59 Å². The van der Waals surface area contributed by atoms with Crippen molar-refractivity contribution in [3.05, 3.63) is 35.4 Å². The van der Waals surface area contributed by atoms with E-state index in [0.717, 1.165) is 12.0 Å². The summed E-state index contributed by atoms with van der Waals surface area (Å²) in [5.74, 6) is -0.170. The predicted octanol–water partition coefficient (Wildman–Crippen LogP) is 1.60. The van der Waals surface area contributed by atoms with Gasteiger partial charge in [0, 0.05) is 31.1 Å². The van der Waals surface area contributed by atoms with Gasteiger partial charge in [-0.2, -0.15) is 0 Å². The molecule has 0 spiro atoms. The molecule has 0 fully saturated rings. The van der Waals surface area contributed by atoms with Gasteiger partial charge in [-0.05, 0) is 31.0 Å². The number of halogens is 1. The van der Waals surface area contributed by atoms with E-state index >= 15 is 0 Å². The molecule has 0 saturated heterocycles. The van der Waals surface area contributed by atoms with Crippen molar-refractivity contribution in [2.75, 3.05) is 6.54 Å². The first-order valence-electron chi connectivity index (χ1n) is 6.93. The molecule has 1 aromatic rings. The molecule has 5 nitrogen and oxygen atoms in total. The number of hydrogen-bond acceptors (Lipinski definition) is 3. The normalized spacial score (nSPS) is 11.2. The monoisotopic (exact) mass is 313 g/mol. The Morgan fingerprint density at radius 2 is 2.05 bits per heavy atom. The Kier molecular flexibility index (Phi) is 9.41. The second-order valence-corrected chi connectivity index (χ2v) is 4.80. The minimum absolute atomic E-state index is 0. The Balaban J connectivity index is 0.00000400. The molecular formula is C15H24ClN3O2. The van der Waals surface area contributed by atoms with Crippen LogP contribution in [-0.4, -0.2) is 24.4 Å². The van der Waals surface area contributed by atoms with E-state index < -0.39 is 0 Å². The Hall–Kier alpha value is -1.59. The smallest absolute Gasteiger partial charge is 0.251 e. The van der Waals surface area contributed by atoms with Crippen LogP contribution in [0.5, 0.6) is 0 Å². The van der Waals surface area contributed by atoms with E-state index in [0.29, 0.717) is 25.1 Å². The summed E-state index contributed by atoms with van der Waals surface area (Å²) in [7, 11) is 0. The highest BCUT2D eigenvalue weighted by Crippen LogP contribution is 2.06. The van der Waals surface area contributed by atoms with Crippen molar-refractivity contribution in [2.24, 2.45) is 5.73 Å². The molecule has 21 heavy (non-hydrogen) atoms. The summed E-state index contributed by atoms with van der Waals surface area (Å²) in [5, 5.41) is 5.68. The lowest BCUT2D eigenvalue weighted by Crippen LogP contribution is -2.32. The zero-order chi connectivity index (χ0) is 15.0. The Morgan fingerprint density at radius 3 is 2.67 bits per heavy atom. The van der Waals surface area contributed by atoms with Gasteiger partial charge < -0.3 is 16.4 Å². The van der Waals surface area contributed by atoms with Crippen LogP contribution in [0.4, 0.5) is 0 Å². The summed E-state index contributed by atoms with van der Waals surface area (Å²) in [5.41, 5.74) is 6.81. The van der Waals surface area contributed by atoms with Crippen molar-refractivity contribution < 1.29 is 9.59 Å². The van der Waals surface area contributed by atoms with Crippen LogP contribution in [-0.2, 0) is 11.3 Å². The molecule has 118 valence electrons. The van der Waals surface area contributed by atoms with E-state index in [1.165, 1.54) is 0 Å². The maximum Gasteiger partial charge on any atom is 0.251 e. The van der Waals surface area contributed by atoms with Crippen molar-refractivity contribution in [1.29, 1.82) is 0 Å². The molecule has 4 N–H and O–H groups in total. The number of carbonyl (C=O) groups is 2.